The van der Waals surface area contributed by atoms with E-state index in [0.29, 0.717) is 67.1 Å². The highest BCUT2D eigenvalue weighted by atomic mass is 16.5. The Morgan fingerprint density at radius 3 is 2.32 bits per heavy atom. The smallest absolute Gasteiger partial charge is 0.257 e. The average Bonchev–Trinajstić information content (AvgIpc) is 3.11. The molecule has 214 valence electrons. The zero-order valence-electron chi connectivity index (χ0n) is 24.1. The first-order chi connectivity index (χ1) is 19.9. The first-order valence-corrected chi connectivity index (χ1v) is 13.6. The van der Waals surface area contributed by atoms with Crippen LogP contribution in [0.4, 0.5) is 11.4 Å². The molecule has 1 atom stereocenters. The van der Waals surface area contributed by atoms with Crippen molar-refractivity contribution in [3.8, 4) is 23.0 Å². The number of amides is 1. The van der Waals surface area contributed by atoms with Crippen LogP contribution in [0, 0.1) is 6.92 Å². The van der Waals surface area contributed by atoms with Crippen molar-refractivity contribution in [2.45, 2.75) is 25.9 Å². The Morgan fingerprint density at radius 2 is 1.63 bits per heavy atom. The third-order valence-electron chi connectivity index (χ3n) is 7.56. The number of rotatable bonds is 11. The molecule has 2 aliphatic heterocycles. The molecule has 9 heteroatoms. The van der Waals surface area contributed by atoms with Crippen molar-refractivity contribution in [1.82, 2.24) is 9.80 Å². The number of likely N-dealkylation sites (N-methyl/N-ethyl adjacent to an activating group) is 1. The number of aliphatic imine (C=N–C) groups is 2. The van der Waals surface area contributed by atoms with Crippen molar-refractivity contribution >= 4 is 30.2 Å². The van der Waals surface area contributed by atoms with Crippen LogP contribution < -0.4 is 18.9 Å². The normalized spacial score (nSPS) is 15.5. The highest BCUT2D eigenvalue weighted by Crippen LogP contribution is 2.38. The van der Waals surface area contributed by atoms with E-state index in [9.17, 15) is 4.79 Å². The SMILES string of the molecule is C=Nc1cc(OCCN(C)CCOc2cc3c(cc2OC)C(=O)N2Cc4ccccc4C[C@H]2C=N3)c(OC)cc1C. The molecule has 3 aromatic carbocycles. The number of hydrogen-bond donors (Lipinski definition) is 0. The summed E-state index contributed by atoms with van der Waals surface area (Å²) in [7, 11) is 5.20. The van der Waals surface area contributed by atoms with E-state index in [1.807, 2.05) is 49.4 Å². The standard InChI is InChI=1S/C32H36N4O5/c1-21-14-28(38-4)30(17-26(21)33-2)40-12-10-35(3)11-13-41-31-18-27-25(16-29(31)39-5)32(37)36-20-23-9-7-6-8-22(23)15-24(36)19-34-27/h6-9,14,16-19,24H,2,10-13,15,20H2,1,3-5H3/t24-/m0/s1. The van der Waals surface area contributed by atoms with Gasteiger partial charge in [-0.25, -0.2) is 0 Å². The molecule has 0 fully saturated rings. The molecule has 0 bridgehead atoms. The number of nitrogens with zero attached hydrogens (tertiary/aromatic N) is 4. The lowest BCUT2D eigenvalue weighted by molar-refractivity contribution is 0.0703. The van der Waals surface area contributed by atoms with Crippen LogP contribution in [0.3, 0.4) is 0 Å². The molecular weight excluding hydrogens is 520 g/mol. The number of carbonyl (C=O) groups is 1. The van der Waals surface area contributed by atoms with Gasteiger partial charge in [-0.1, -0.05) is 24.3 Å². The number of fused-ring (bicyclic) bond motifs is 3. The van der Waals surface area contributed by atoms with E-state index in [0.717, 1.165) is 17.7 Å². The molecule has 0 unspecified atom stereocenters. The molecule has 0 saturated carbocycles. The van der Waals surface area contributed by atoms with Gasteiger partial charge in [0.15, 0.2) is 23.0 Å². The zero-order valence-corrected chi connectivity index (χ0v) is 24.1. The summed E-state index contributed by atoms with van der Waals surface area (Å²) in [6.07, 6.45) is 2.62. The van der Waals surface area contributed by atoms with Crippen LogP contribution in [-0.2, 0) is 13.0 Å². The van der Waals surface area contributed by atoms with Crippen LogP contribution in [0.25, 0.3) is 0 Å². The monoisotopic (exact) mass is 556 g/mol. The molecule has 41 heavy (non-hydrogen) atoms. The highest BCUT2D eigenvalue weighted by molar-refractivity contribution is 6.03. The number of benzene rings is 3. The summed E-state index contributed by atoms with van der Waals surface area (Å²) in [6, 6.07) is 15.4. The third kappa shape index (κ3) is 6.05. The second-order valence-corrected chi connectivity index (χ2v) is 10.2. The largest absolute Gasteiger partial charge is 0.493 e. The molecule has 5 rings (SSSR count). The molecule has 3 aromatic rings. The van der Waals surface area contributed by atoms with Crippen molar-refractivity contribution in [1.29, 1.82) is 0 Å². The van der Waals surface area contributed by atoms with E-state index in [1.54, 1.807) is 26.4 Å². The van der Waals surface area contributed by atoms with Gasteiger partial charge in [-0.05, 0) is 55.9 Å². The maximum atomic E-state index is 13.6. The minimum absolute atomic E-state index is 0.0530. The Hall–Kier alpha value is -4.37. The lowest BCUT2D eigenvalue weighted by atomic mass is 9.94. The third-order valence-corrected chi connectivity index (χ3v) is 7.56. The molecule has 0 saturated heterocycles. The number of ether oxygens (including phenoxy) is 4. The highest BCUT2D eigenvalue weighted by Gasteiger charge is 2.33. The maximum absolute atomic E-state index is 13.6. The molecule has 0 spiro atoms. The van der Waals surface area contributed by atoms with Crippen LogP contribution in [0.1, 0.15) is 27.0 Å². The zero-order chi connectivity index (χ0) is 28.9. The van der Waals surface area contributed by atoms with Gasteiger partial charge < -0.3 is 23.8 Å². The fourth-order valence-electron chi connectivity index (χ4n) is 5.15. The Morgan fingerprint density at radius 1 is 0.976 bits per heavy atom. The van der Waals surface area contributed by atoms with E-state index >= 15 is 0 Å². The van der Waals surface area contributed by atoms with Crippen molar-refractivity contribution in [3.63, 3.8) is 0 Å². The Balaban J connectivity index is 1.20. The van der Waals surface area contributed by atoms with Gasteiger partial charge in [0, 0.05) is 38.0 Å². The fourth-order valence-corrected chi connectivity index (χ4v) is 5.15. The minimum atomic E-state index is -0.0875. The first kappa shape index (κ1) is 28.2. The lowest BCUT2D eigenvalue weighted by Gasteiger charge is -2.34. The van der Waals surface area contributed by atoms with Gasteiger partial charge in [0.25, 0.3) is 5.91 Å². The molecule has 0 aliphatic carbocycles. The van der Waals surface area contributed by atoms with E-state index in [1.165, 1.54) is 11.1 Å². The lowest BCUT2D eigenvalue weighted by Crippen LogP contribution is -2.44. The second-order valence-electron chi connectivity index (χ2n) is 10.2. The molecule has 9 nitrogen and oxygen atoms in total. The quantitative estimate of drug-likeness (QED) is 0.309. The van der Waals surface area contributed by atoms with E-state index < -0.39 is 0 Å². The average molecular weight is 557 g/mol. The summed E-state index contributed by atoms with van der Waals surface area (Å²) in [5, 5.41) is 0. The van der Waals surface area contributed by atoms with Gasteiger partial charge in [0.2, 0.25) is 0 Å². The van der Waals surface area contributed by atoms with Crippen molar-refractivity contribution in [2.24, 2.45) is 9.98 Å². The molecule has 0 aromatic heterocycles. The molecule has 1 amide bonds. The minimum Gasteiger partial charge on any atom is -0.493 e. The van der Waals surface area contributed by atoms with E-state index in [4.69, 9.17) is 23.9 Å². The van der Waals surface area contributed by atoms with Crippen LogP contribution >= 0.6 is 0 Å². The molecule has 0 radical (unpaired) electrons. The summed E-state index contributed by atoms with van der Waals surface area (Å²) >= 11 is 0. The second kappa shape index (κ2) is 12.4. The fraction of sp³-hybridized carbons (Fsp3) is 0.344. The molecule has 2 heterocycles. The summed E-state index contributed by atoms with van der Waals surface area (Å²) in [5.41, 5.74) is 5.28. The van der Waals surface area contributed by atoms with E-state index in [-0.39, 0.29) is 11.9 Å². The van der Waals surface area contributed by atoms with Gasteiger partial charge in [-0.2, -0.15) is 0 Å². The Labute approximate surface area is 241 Å². The summed E-state index contributed by atoms with van der Waals surface area (Å²) in [6.45, 7) is 8.36. The molecule has 2 aliphatic rings. The first-order valence-electron chi connectivity index (χ1n) is 13.6. The van der Waals surface area contributed by atoms with Crippen LogP contribution in [0.5, 0.6) is 23.0 Å². The van der Waals surface area contributed by atoms with Gasteiger partial charge in [0.1, 0.15) is 13.2 Å². The molecule has 0 N–H and O–H groups in total. The summed E-state index contributed by atoms with van der Waals surface area (Å²) < 4.78 is 23.1. The number of hydrogen-bond acceptors (Lipinski definition) is 8. The van der Waals surface area contributed by atoms with Gasteiger partial charge >= 0.3 is 0 Å². The predicted octanol–water partition coefficient (Wildman–Crippen LogP) is 5.02. The Kier molecular flexibility index (Phi) is 8.54. The molecular formula is C32H36N4O5. The van der Waals surface area contributed by atoms with Gasteiger partial charge in [-0.15, -0.1) is 0 Å². The van der Waals surface area contributed by atoms with Crippen LogP contribution in [0.15, 0.2) is 58.5 Å². The summed E-state index contributed by atoms with van der Waals surface area (Å²) in [4.78, 5) is 26.3. The van der Waals surface area contributed by atoms with Crippen molar-refractivity contribution in [3.05, 3.63) is 70.8 Å². The maximum Gasteiger partial charge on any atom is 0.257 e. The number of aryl methyl sites for hydroxylation is 1. The van der Waals surface area contributed by atoms with Crippen LogP contribution in [-0.4, -0.2) is 82.3 Å². The number of carbonyl (C=O) groups excluding carboxylic acids is 1. The van der Waals surface area contributed by atoms with Crippen molar-refractivity contribution < 1.29 is 23.7 Å². The summed E-state index contributed by atoms with van der Waals surface area (Å²) in [5.74, 6) is 2.31. The number of methoxy groups -OCH3 is 2. The predicted molar refractivity (Wildman–Crippen MR) is 160 cm³/mol. The topological polar surface area (TPSA) is 85.2 Å². The Bertz CT molecular complexity index is 1470. The van der Waals surface area contributed by atoms with Gasteiger partial charge in [0.05, 0.1) is 37.2 Å². The van der Waals surface area contributed by atoms with Gasteiger partial charge in [-0.3, -0.25) is 19.7 Å². The van der Waals surface area contributed by atoms with Crippen LogP contribution in [0.2, 0.25) is 0 Å². The van der Waals surface area contributed by atoms with Crippen molar-refractivity contribution in [2.75, 3.05) is 47.6 Å². The van der Waals surface area contributed by atoms with E-state index in [2.05, 4.69) is 28.7 Å².